The molecule has 0 saturated carbocycles. The molecule has 0 saturated heterocycles. The van der Waals surface area contributed by atoms with Crippen molar-refractivity contribution >= 4 is 27.1 Å². The van der Waals surface area contributed by atoms with Crippen LogP contribution in [-0.2, 0) is 24.2 Å². The third kappa shape index (κ3) is 2.86. The molecule has 0 aliphatic heterocycles. The van der Waals surface area contributed by atoms with Gasteiger partial charge in [-0.2, -0.15) is 8.42 Å². The number of carbonyl (C=O) groups is 1. The van der Waals surface area contributed by atoms with Crippen LogP contribution in [0.25, 0.3) is 11.0 Å². The molecule has 0 atom stereocenters. The lowest BCUT2D eigenvalue weighted by Crippen LogP contribution is -2.19. The molecule has 0 aliphatic carbocycles. The van der Waals surface area contributed by atoms with Crippen LogP contribution in [0.4, 0.5) is 0 Å². The van der Waals surface area contributed by atoms with Gasteiger partial charge in [-0.3, -0.25) is 13.9 Å². The van der Waals surface area contributed by atoms with Crippen molar-refractivity contribution in [3.05, 3.63) is 58.0 Å². The maximum Gasteiger partial charge on any atom is 0.339 e. The number of primary amides is 1. The smallest absolute Gasteiger partial charge is 0.339 e. The summed E-state index contributed by atoms with van der Waals surface area (Å²) in [7, 11) is -1.08. The predicted octanol–water partition coefficient (Wildman–Crippen LogP) is 1.05. The molecule has 1 heterocycles. The zero-order valence-electron chi connectivity index (χ0n) is 14.4. The van der Waals surface area contributed by atoms with E-state index in [4.69, 9.17) is 9.92 Å². The molecule has 0 aliphatic rings. The number of hydrogen-bond acceptors (Lipinski definition) is 5. The van der Waals surface area contributed by atoms with Crippen molar-refractivity contribution in [1.29, 1.82) is 0 Å². The number of nitrogens with zero attached hydrogens (tertiary/aromatic N) is 2. The largest absolute Gasteiger partial charge is 0.378 e. The van der Waals surface area contributed by atoms with Crippen LogP contribution < -0.4 is 15.6 Å². The zero-order valence-corrected chi connectivity index (χ0v) is 15.2. The SMILES string of the molecule is Cc1ccc(C(N)=O)c(OS(=O)(=O)c2ccc3c(c2)n(C)c(=O)n3C)c1. The molecule has 9 heteroatoms. The number of amides is 1. The standard InChI is InChI=1S/C17H17N3O5S/c1-10-4-6-12(16(18)21)15(8-10)25-26(23,24)11-5-7-13-14(9-11)20(3)17(22)19(13)2/h4-9H,1-3H3,(H2,18,21). The summed E-state index contributed by atoms with van der Waals surface area (Å²) in [6.45, 7) is 1.73. The van der Waals surface area contributed by atoms with E-state index in [1.165, 1.54) is 39.5 Å². The van der Waals surface area contributed by atoms with E-state index >= 15 is 0 Å². The van der Waals surface area contributed by atoms with Crippen LogP contribution in [0.15, 0.2) is 46.1 Å². The Morgan fingerprint density at radius 1 is 1.04 bits per heavy atom. The zero-order chi connectivity index (χ0) is 19.2. The van der Waals surface area contributed by atoms with Crippen LogP contribution in [0.2, 0.25) is 0 Å². The van der Waals surface area contributed by atoms with E-state index in [0.29, 0.717) is 16.6 Å². The first-order valence-corrected chi connectivity index (χ1v) is 9.03. The van der Waals surface area contributed by atoms with Gasteiger partial charge in [0, 0.05) is 14.1 Å². The number of rotatable bonds is 4. The van der Waals surface area contributed by atoms with E-state index in [9.17, 15) is 18.0 Å². The Labute approximate surface area is 149 Å². The predicted molar refractivity (Wildman–Crippen MR) is 95.7 cm³/mol. The average Bonchev–Trinajstić information content (AvgIpc) is 2.78. The van der Waals surface area contributed by atoms with Crippen molar-refractivity contribution in [2.45, 2.75) is 11.8 Å². The molecule has 2 N–H and O–H groups in total. The van der Waals surface area contributed by atoms with E-state index in [1.54, 1.807) is 27.1 Å². The normalized spacial score (nSPS) is 11.7. The lowest BCUT2D eigenvalue weighted by Gasteiger charge is -2.11. The highest BCUT2D eigenvalue weighted by Gasteiger charge is 2.22. The average molecular weight is 375 g/mol. The first kappa shape index (κ1) is 17.7. The van der Waals surface area contributed by atoms with Gasteiger partial charge in [-0.15, -0.1) is 0 Å². The molecule has 0 fully saturated rings. The first-order chi connectivity index (χ1) is 12.1. The molecule has 3 rings (SSSR count). The van der Waals surface area contributed by atoms with Crippen LogP contribution in [0, 0.1) is 6.92 Å². The number of benzene rings is 2. The summed E-state index contributed by atoms with van der Waals surface area (Å²) in [5.74, 6) is -0.935. The molecule has 2 aromatic carbocycles. The molecule has 0 unspecified atom stereocenters. The second kappa shape index (κ2) is 6.03. The van der Waals surface area contributed by atoms with E-state index in [2.05, 4.69) is 0 Å². The molecule has 0 spiro atoms. The topological polar surface area (TPSA) is 113 Å². The van der Waals surface area contributed by atoms with Crippen molar-refractivity contribution in [2.75, 3.05) is 0 Å². The van der Waals surface area contributed by atoms with Crippen LogP contribution in [0.3, 0.4) is 0 Å². The number of carbonyl (C=O) groups excluding carboxylic acids is 1. The Kier molecular flexibility index (Phi) is 4.11. The number of aromatic nitrogens is 2. The molecule has 1 aromatic heterocycles. The van der Waals surface area contributed by atoms with Crippen LogP contribution in [-0.4, -0.2) is 23.5 Å². The van der Waals surface area contributed by atoms with Crippen LogP contribution >= 0.6 is 0 Å². The number of imidazole rings is 1. The lowest BCUT2D eigenvalue weighted by atomic mass is 10.1. The van der Waals surface area contributed by atoms with Gasteiger partial charge in [0.1, 0.15) is 4.90 Å². The summed E-state index contributed by atoms with van der Waals surface area (Å²) in [5, 5.41) is 0. The monoisotopic (exact) mass is 375 g/mol. The minimum absolute atomic E-state index is 0.0348. The van der Waals surface area contributed by atoms with Gasteiger partial charge in [0.25, 0.3) is 5.91 Å². The summed E-state index contributed by atoms with van der Waals surface area (Å²) in [6, 6.07) is 8.69. The van der Waals surface area contributed by atoms with Crippen molar-refractivity contribution in [3.8, 4) is 5.75 Å². The van der Waals surface area contributed by atoms with E-state index < -0.39 is 16.0 Å². The second-order valence-corrected chi connectivity index (χ2v) is 7.50. The van der Waals surface area contributed by atoms with Crippen molar-refractivity contribution in [2.24, 2.45) is 19.8 Å². The maximum absolute atomic E-state index is 12.7. The summed E-state index contributed by atoms with van der Waals surface area (Å²) < 4.78 is 33.3. The van der Waals surface area contributed by atoms with Gasteiger partial charge < -0.3 is 9.92 Å². The van der Waals surface area contributed by atoms with Crippen molar-refractivity contribution in [1.82, 2.24) is 9.13 Å². The number of hydrogen-bond donors (Lipinski definition) is 1. The molecule has 0 radical (unpaired) electrons. The summed E-state index contributed by atoms with van der Waals surface area (Å²) >= 11 is 0. The summed E-state index contributed by atoms with van der Waals surface area (Å²) in [6.07, 6.45) is 0. The van der Waals surface area contributed by atoms with Crippen LogP contribution in [0.5, 0.6) is 5.75 Å². The number of fused-ring (bicyclic) bond motifs is 1. The van der Waals surface area contributed by atoms with Gasteiger partial charge in [-0.1, -0.05) is 6.07 Å². The Bertz CT molecular complexity index is 1210. The lowest BCUT2D eigenvalue weighted by molar-refractivity contribution is 0.0999. The van der Waals surface area contributed by atoms with Crippen molar-refractivity contribution in [3.63, 3.8) is 0 Å². The number of aryl methyl sites for hydroxylation is 3. The van der Waals surface area contributed by atoms with Gasteiger partial charge in [0.2, 0.25) is 0 Å². The fourth-order valence-corrected chi connectivity index (χ4v) is 3.67. The summed E-state index contributed by atoms with van der Waals surface area (Å²) in [4.78, 5) is 23.4. The molecule has 0 bridgehead atoms. The van der Waals surface area contributed by atoms with Gasteiger partial charge >= 0.3 is 15.8 Å². The minimum Gasteiger partial charge on any atom is -0.378 e. The van der Waals surface area contributed by atoms with Gasteiger partial charge in [-0.05, 0) is 42.8 Å². The van der Waals surface area contributed by atoms with E-state index in [-0.39, 0.29) is 21.9 Å². The maximum atomic E-state index is 12.7. The molecule has 26 heavy (non-hydrogen) atoms. The quantitative estimate of drug-likeness (QED) is 0.685. The van der Waals surface area contributed by atoms with Crippen molar-refractivity contribution < 1.29 is 17.4 Å². The molecule has 8 nitrogen and oxygen atoms in total. The van der Waals surface area contributed by atoms with E-state index in [0.717, 1.165) is 0 Å². The summed E-state index contributed by atoms with van der Waals surface area (Å²) in [5.41, 5.74) is 6.72. The van der Waals surface area contributed by atoms with E-state index in [1.807, 2.05) is 0 Å². The Morgan fingerprint density at radius 3 is 2.35 bits per heavy atom. The molecular weight excluding hydrogens is 358 g/mol. The second-order valence-electron chi connectivity index (χ2n) is 5.95. The highest BCUT2D eigenvalue weighted by molar-refractivity contribution is 7.87. The highest BCUT2D eigenvalue weighted by atomic mass is 32.2. The first-order valence-electron chi connectivity index (χ1n) is 7.62. The fraction of sp³-hybridized carbons (Fsp3) is 0.176. The fourth-order valence-electron chi connectivity index (χ4n) is 2.71. The Hall–Kier alpha value is -3.07. The number of nitrogens with two attached hydrogens (primary N) is 1. The van der Waals surface area contributed by atoms with Crippen LogP contribution in [0.1, 0.15) is 15.9 Å². The molecular formula is C17H17N3O5S. The highest BCUT2D eigenvalue weighted by Crippen LogP contribution is 2.26. The Balaban J connectivity index is 2.11. The van der Waals surface area contributed by atoms with Gasteiger partial charge in [0.05, 0.1) is 16.6 Å². The van der Waals surface area contributed by atoms with Gasteiger partial charge in [0.15, 0.2) is 5.75 Å². The Morgan fingerprint density at radius 2 is 1.69 bits per heavy atom. The third-order valence-electron chi connectivity index (χ3n) is 4.13. The third-order valence-corrected chi connectivity index (χ3v) is 5.36. The molecule has 3 aromatic rings. The molecule has 136 valence electrons. The minimum atomic E-state index is -4.23. The molecule has 1 amide bonds. The van der Waals surface area contributed by atoms with Gasteiger partial charge in [-0.25, -0.2) is 4.79 Å².